The monoisotopic (exact) mass is 847 g/mol. The number of oxazole rings is 1. The molecule has 2 aliphatic heterocycles. The van der Waals surface area contributed by atoms with Crippen molar-refractivity contribution in [2.45, 2.75) is 49.9 Å². The number of fused-ring (bicyclic) bond motifs is 1. The maximum absolute atomic E-state index is 14.0. The van der Waals surface area contributed by atoms with Crippen LogP contribution in [0.1, 0.15) is 72.6 Å². The molecule has 4 aromatic carbocycles. The molecule has 4 N–H and O–H groups in total. The Labute approximate surface area is 361 Å². The SMILES string of the molecule is COC(=O)N[C@@H](C(=O)N1CCC[C@H]1c1ncc(-c2ccc3oc(-c4ccc(-c5cnc([C@@H]6CCCN6C(=O)[C@@H](c6ccccc6)N(C)C(=O)O)[nH]5)cc4)nc3c2)[nH]1)c1ccccc1. The summed E-state index contributed by atoms with van der Waals surface area (Å²) < 4.78 is 11.0. The zero-order chi connectivity index (χ0) is 43.6. The van der Waals surface area contributed by atoms with Gasteiger partial charge in [-0.15, -0.1) is 0 Å². The van der Waals surface area contributed by atoms with Crippen molar-refractivity contribution < 1.29 is 33.4 Å². The Bertz CT molecular complexity index is 2770. The van der Waals surface area contributed by atoms with E-state index in [4.69, 9.17) is 19.1 Å². The molecule has 0 bridgehead atoms. The van der Waals surface area contributed by atoms with Gasteiger partial charge in [0.2, 0.25) is 5.89 Å². The molecule has 0 spiro atoms. The largest absolute Gasteiger partial charge is 0.465 e. The number of imidazole rings is 2. The van der Waals surface area contributed by atoms with E-state index in [1.165, 1.54) is 14.2 Å². The van der Waals surface area contributed by atoms with Gasteiger partial charge in [-0.05, 0) is 72.7 Å². The van der Waals surface area contributed by atoms with Gasteiger partial charge in [0.1, 0.15) is 29.2 Å². The Hall–Kier alpha value is -7.75. The van der Waals surface area contributed by atoms with Crippen LogP contribution in [0.4, 0.5) is 9.59 Å². The summed E-state index contributed by atoms with van der Waals surface area (Å²) in [5.74, 6) is 1.22. The second-order valence-electron chi connectivity index (χ2n) is 15.7. The van der Waals surface area contributed by atoms with Crippen LogP contribution in [0.5, 0.6) is 0 Å². The van der Waals surface area contributed by atoms with Crippen LogP contribution in [-0.2, 0) is 14.3 Å². The van der Waals surface area contributed by atoms with Crippen molar-refractivity contribution in [2.75, 3.05) is 27.2 Å². The molecule has 2 fully saturated rings. The molecular formula is C47H45N9O7. The minimum atomic E-state index is -1.18. The first-order valence-electron chi connectivity index (χ1n) is 20.8. The molecule has 0 aliphatic carbocycles. The van der Waals surface area contributed by atoms with Gasteiger partial charge in [0.05, 0.1) is 43.0 Å². The number of carbonyl (C=O) groups excluding carboxylic acids is 3. The minimum absolute atomic E-state index is 0.239. The number of aromatic nitrogens is 5. The van der Waals surface area contributed by atoms with Gasteiger partial charge in [0.25, 0.3) is 11.8 Å². The van der Waals surface area contributed by atoms with E-state index in [9.17, 15) is 24.3 Å². The van der Waals surface area contributed by atoms with Crippen LogP contribution in [0.2, 0.25) is 0 Å². The number of H-pyrrole nitrogens is 2. The maximum Gasteiger partial charge on any atom is 0.407 e. The van der Waals surface area contributed by atoms with Gasteiger partial charge < -0.3 is 39.3 Å². The average Bonchev–Trinajstić information content (AvgIpc) is 4.18. The first-order chi connectivity index (χ1) is 30.7. The molecule has 0 unspecified atom stereocenters. The van der Waals surface area contributed by atoms with Crippen molar-refractivity contribution in [3.8, 4) is 34.0 Å². The molecule has 320 valence electrons. The third-order valence-corrected chi connectivity index (χ3v) is 11.9. The van der Waals surface area contributed by atoms with Gasteiger partial charge in [-0.3, -0.25) is 14.5 Å². The molecule has 5 heterocycles. The molecule has 7 aromatic rings. The summed E-state index contributed by atoms with van der Waals surface area (Å²) in [5.41, 5.74) is 6.61. The number of likely N-dealkylation sites (N-methyl/N-ethyl adjacent to an activating group) is 1. The minimum Gasteiger partial charge on any atom is -0.465 e. The van der Waals surface area contributed by atoms with E-state index in [-0.39, 0.29) is 23.9 Å². The molecule has 0 saturated carbocycles. The number of likely N-dealkylation sites (tertiary alicyclic amines) is 2. The number of nitrogens with zero attached hydrogens (tertiary/aromatic N) is 6. The van der Waals surface area contributed by atoms with E-state index in [2.05, 4.69) is 20.3 Å². The molecule has 2 aliphatic rings. The van der Waals surface area contributed by atoms with Crippen molar-refractivity contribution in [1.82, 2.24) is 44.9 Å². The van der Waals surface area contributed by atoms with Crippen LogP contribution >= 0.6 is 0 Å². The number of aromatic amines is 2. The van der Waals surface area contributed by atoms with Crippen molar-refractivity contribution in [2.24, 2.45) is 0 Å². The van der Waals surface area contributed by atoms with E-state index >= 15 is 0 Å². The zero-order valence-corrected chi connectivity index (χ0v) is 34.6. The Morgan fingerprint density at radius 2 is 1.32 bits per heavy atom. The van der Waals surface area contributed by atoms with E-state index < -0.39 is 24.3 Å². The first-order valence-corrected chi connectivity index (χ1v) is 20.8. The van der Waals surface area contributed by atoms with Crippen LogP contribution < -0.4 is 5.32 Å². The van der Waals surface area contributed by atoms with Crippen molar-refractivity contribution in [3.05, 3.63) is 138 Å². The molecule has 16 heteroatoms. The summed E-state index contributed by atoms with van der Waals surface area (Å²) in [6, 6.07) is 29.1. The number of hydrogen-bond donors (Lipinski definition) is 4. The van der Waals surface area contributed by atoms with Gasteiger partial charge in [-0.1, -0.05) is 72.8 Å². The summed E-state index contributed by atoms with van der Waals surface area (Å²) >= 11 is 0. The smallest absolute Gasteiger partial charge is 0.407 e. The number of ether oxygens (including phenoxy) is 1. The molecule has 0 radical (unpaired) electrons. The fourth-order valence-corrected chi connectivity index (χ4v) is 8.66. The predicted molar refractivity (Wildman–Crippen MR) is 232 cm³/mol. The Balaban J connectivity index is 0.888. The van der Waals surface area contributed by atoms with Crippen LogP contribution in [-0.4, -0.2) is 96.0 Å². The summed E-state index contributed by atoms with van der Waals surface area (Å²) in [6.07, 6.45) is 4.60. The lowest BCUT2D eigenvalue weighted by Gasteiger charge is -2.32. The lowest BCUT2D eigenvalue weighted by atomic mass is 10.0. The molecule has 2 saturated heterocycles. The molecule has 4 atom stereocenters. The van der Waals surface area contributed by atoms with Crippen LogP contribution in [0.25, 0.3) is 45.1 Å². The number of benzene rings is 4. The second-order valence-corrected chi connectivity index (χ2v) is 15.7. The van der Waals surface area contributed by atoms with Gasteiger partial charge in [0, 0.05) is 31.3 Å². The van der Waals surface area contributed by atoms with E-state index in [0.29, 0.717) is 65.7 Å². The van der Waals surface area contributed by atoms with E-state index in [0.717, 1.165) is 45.8 Å². The number of alkyl carbamates (subject to hydrolysis) is 1. The highest BCUT2D eigenvalue weighted by atomic mass is 16.5. The first kappa shape index (κ1) is 40.6. The number of rotatable bonds is 11. The molecule has 3 aromatic heterocycles. The number of carbonyl (C=O) groups is 4. The van der Waals surface area contributed by atoms with Crippen LogP contribution in [0.3, 0.4) is 0 Å². The van der Waals surface area contributed by atoms with Gasteiger partial charge in [-0.25, -0.2) is 24.5 Å². The van der Waals surface area contributed by atoms with Gasteiger partial charge in [-0.2, -0.15) is 0 Å². The quantitative estimate of drug-likeness (QED) is 0.0987. The van der Waals surface area contributed by atoms with Crippen LogP contribution in [0.15, 0.2) is 120 Å². The zero-order valence-electron chi connectivity index (χ0n) is 34.6. The Morgan fingerprint density at radius 1 is 0.762 bits per heavy atom. The highest BCUT2D eigenvalue weighted by Crippen LogP contribution is 2.37. The van der Waals surface area contributed by atoms with Crippen molar-refractivity contribution in [1.29, 1.82) is 0 Å². The lowest BCUT2D eigenvalue weighted by Crippen LogP contribution is -2.43. The molecule has 63 heavy (non-hydrogen) atoms. The Morgan fingerprint density at radius 3 is 1.92 bits per heavy atom. The molecule has 16 nitrogen and oxygen atoms in total. The lowest BCUT2D eigenvalue weighted by molar-refractivity contribution is -0.137. The summed E-state index contributed by atoms with van der Waals surface area (Å²) in [5, 5.41) is 12.5. The van der Waals surface area contributed by atoms with Crippen molar-refractivity contribution >= 4 is 35.1 Å². The van der Waals surface area contributed by atoms with Gasteiger partial charge >= 0.3 is 12.2 Å². The highest BCUT2D eigenvalue weighted by molar-refractivity contribution is 5.88. The van der Waals surface area contributed by atoms with Gasteiger partial charge in [0.15, 0.2) is 5.58 Å². The average molecular weight is 848 g/mol. The number of amides is 4. The molecule has 9 rings (SSSR count). The molecular weight excluding hydrogens is 803 g/mol. The Kier molecular flexibility index (Phi) is 11.2. The molecule has 4 amide bonds. The van der Waals surface area contributed by atoms with Crippen molar-refractivity contribution in [3.63, 3.8) is 0 Å². The third-order valence-electron chi connectivity index (χ3n) is 11.9. The normalized spacial score (nSPS) is 17.1. The number of nitrogens with one attached hydrogen (secondary N) is 3. The maximum atomic E-state index is 14.0. The standard InChI is InChI=1S/C47H45N9O7/c1-54(47(60)61)40(30-13-7-4-8-14-30)45(58)56-24-10-16-37(56)42-48-26-34(50-42)28-17-19-31(20-18-28)43-52-33-25-32(21-22-38(33)63-43)35-27-49-41(51-35)36-15-9-23-55(36)44(57)39(53-46(59)62-2)29-11-5-3-6-12-29/h3-8,11-14,17-22,25-27,36-37,39-40H,9-10,15-16,23-24H2,1-2H3,(H,48,50)(H,49,51)(H,53,59)(H,60,61)/t36-,37-,39+,40+/m0/s1. The summed E-state index contributed by atoms with van der Waals surface area (Å²) in [6.45, 7) is 1.02. The number of methoxy groups -OCH3 is 1. The second kappa shape index (κ2) is 17.3. The van der Waals surface area contributed by atoms with Crippen LogP contribution in [0, 0.1) is 0 Å². The predicted octanol–water partition coefficient (Wildman–Crippen LogP) is 8.05. The number of hydrogen-bond acceptors (Lipinski definition) is 9. The third kappa shape index (κ3) is 8.10. The summed E-state index contributed by atoms with van der Waals surface area (Å²) in [7, 11) is 2.69. The fraction of sp³-hybridized carbons (Fsp3) is 0.255. The fourth-order valence-electron chi connectivity index (χ4n) is 8.66. The number of carboxylic acid groups (broad SMARTS) is 1. The van der Waals surface area contributed by atoms with E-state index in [1.54, 1.807) is 58.6 Å². The summed E-state index contributed by atoms with van der Waals surface area (Å²) in [4.78, 5) is 77.8. The highest BCUT2D eigenvalue weighted by Gasteiger charge is 2.40. The van der Waals surface area contributed by atoms with E-state index in [1.807, 2.05) is 66.7 Å². The topological polar surface area (TPSA) is 203 Å².